The van der Waals surface area contributed by atoms with Gasteiger partial charge in [-0.25, -0.2) is 0 Å². The molecule has 1 N–H and O–H groups in total. The van der Waals surface area contributed by atoms with Gasteiger partial charge >= 0.3 is 5.97 Å². The summed E-state index contributed by atoms with van der Waals surface area (Å²) in [4.78, 5) is 23.5. The summed E-state index contributed by atoms with van der Waals surface area (Å²) in [6.07, 6.45) is 2.29. The molecule has 0 radical (unpaired) electrons. The van der Waals surface area contributed by atoms with Crippen LogP contribution in [0.2, 0.25) is 0 Å². The second-order valence-corrected chi connectivity index (χ2v) is 8.07. The van der Waals surface area contributed by atoms with Crippen LogP contribution in [0.5, 0.6) is 5.75 Å². The molecule has 2 aromatic rings. The summed E-state index contributed by atoms with van der Waals surface area (Å²) >= 11 is 0. The number of anilines is 1. The minimum atomic E-state index is -0.435. The average molecular weight is 391 g/mol. The number of ether oxygens (including phenoxy) is 2. The Bertz CT molecular complexity index is 932. The molecule has 150 valence electrons. The summed E-state index contributed by atoms with van der Waals surface area (Å²) in [5, 5.41) is 2.74. The van der Waals surface area contributed by atoms with E-state index in [0.717, 1.165) is 41.0 Å². The fourth-order valence-electron chi connectivity index (χ4n) is 4.38. The minimum Gasteiger partial charge on any atom is -0.489 e. The fraction of sp³-hybridized carbons (Fsp3) is 0.333. The third-order valence-electron chi connectivity index (χ3n) is 5.83. The maximum Gasteiger partial charge on any atom is 0.313 e. The van der Waals surface area contributed by atoms with Crippen LogP contribution in [0, 0.1) is 11.3 Å². The van der Waals surface area contributed by atoms with E-state index in [4.69, 9.17) is 9.47 Å². The molecule has 2 fully saturated rings. The lowest BCUT2D eigenvalue weighted by atomic mass is 9.75. The summed E-state index contributed by atoms with van der Waals surface area (Å²) in [5.41, 5.74) is 3.60. The van der Waals surface area contributed by atoms with Crippen LogP contribution in [-0.4, -0.2) is 18.5 Å². The summed E-state index contributed by atoms with van der Waals surface area (Å²) in [6.45, 7) is 6.54. The van der Waals surface area contributed by atoms with Gasteiger partial charge in [-0.2, -0.15) is 0 Å². The van der Waals surface area contributed by atoms with Gasteiger partial charge in [0.1, 0.15) is 12.4 Å². The number of hydrogen-bond acceptors (Lipinski definition) is 4. The number of carbonyl (C=O) groups is 2. The van der Waals surface area contributed by atoms with Crippen molar-refractivity contribution in [2.24, 2.45) is 11.3 Å². The van der Waals surface area contributed by atoms with Gasteiger partial charge in [0.2, 0.25) is 5.91 Å². The Morgan fingerprint density at radius 2 is 1.86 bits per heavy atom. The maximum absolute atomic E-state index is 12.4. The zero-order valence-electron chi connectivity index (χ0n) is 16.6. The maximum atomic E-state index is 12.4. The van der Waals surface area contributed by atoms with Crippen LogP contribution >= 0.6 is 0 Å². The third-order valence-corrected chi connectivity index (χ3v) is 5.83. The lowest BCUT2D eigenvalue weighted by Gasteiger charge is -2.24. The van der Waals surface area contributed by atoms with E-state index >= 15 is 0 Å². The molecule has 1 heterocycles. The molecular weight excluding hydrogens is 366 g/mol. The highest BCUT2D eigenvalue weighted by Crippen LogP contribution is 2.52. The van der Waals surface area contributed by atoms with Gasteiger partial charge in [-0.15, -0.1) is 0 Å². The normalized spacial score (nSPS) is 22.9. The molecule has 1 saturated heterocycles. The van der Waals surface area contributed by atoms with Crippen molar-refractivity contribution in [1.29, 1.82) is 0 Å². The first-order valence-electron chi connectivity index (χ1n) is 9.87. The van der Waals surface area contributed by atoms with Crippen LogP contribution in [0.3, 0.4) is 0 Å². The molecule has 0 aromatic heterocycles. The molecule has 29 heavy (non-hydrogen) atoms. The summed E-state index contributed by atoms with van der Waals surface area (Å²) < 4.78 is 11.2. The van der Waals surface area contributed by atoms with E-state index < -0.39 is 5.41 Å². The zero-order chi connectivity index (χ0) is 20.4. The van der Waals surface area contributed by atoms with Gasteiger partial charge in [0.05, 0.1) is 12.0 Å². The van der Waals surface area contributed by atoms with Crippen molar-refractivity contribution in [3.05, 3.63) is 71.8 Å². The van der Waals surface area contributed by atoms with Crippen LogP contribution in [0.25, 0.3) is 0 Å². The minimum absolute atomic E-state index is 0.0795. The molecule has 2 unspecified atom stereocenters. The highest BCUT2D eigenvalue weighted by Gasteiger charge is 2.55. The number of carbonyl (C=O) groups excluding carboxylic acids is 2. The molecule has 2 aromatic carbocycles. The van der Waals surface area contributed by atoms with Crippen LogP contribution < -0.4 is 10.1 Å². The van der Waals surface area contributed by atoms with Crippen LogP contribution in [0.15, 0.2) is 60.7 Å². The second-order valence-electron chi connectivity index (χ2n) is 8.07. The van der Waals surface area contributed by atoms with Crippen molar-refractivity contribution in [2.45, 2.75) is 32.8 Å². The van der Waals surface area contributed by atoms with E-state index in [1.807, 2.05) is 48.5 Å². The standard InChI is InChI=1S/C24H25NO4/c1-16-11-20-15-29-23(27)24(20,12-16)13-18-5-9-22(10-6-18)28-14-19-3-7-21(8-4-19)25-17(2)26/h3-10,20H,1,11-15H2,2H3,(H,25,26). The molecule has 1 saturated carbocycles. The van der Waals surface area contributed by atoms with Gasteiger partial charge in [-0.1, -0.05) is 36.4 Å². The van der Waals surface area contributed by atoms with Gasteiger partial charge in [-0.05, 0) is 54.7 Å². The monoisotopic (exact) mass is 391 g/mol. The quantitative estimate of drug-likeness (QED) is 0.590. The van der Waals surface area contributed by atoms with Crippen molar-refractivity contribution in [1.82, 2.24) is 0 Å². The number of benzene rings is 2. The van der Waals surface area contributed by atoms with Crippen LogP contribution in [-0.2, 0) is 27.4 Å². The molecule has 1 aliphatic carbocycles. The topological polar surface area (TPSA) is 64.6 Å². The number of nitrogens with one attached hydrogen (secondary N) is 1. The lowest BCUT2D eigenvalue weighted by molar-refractivity contribution is -0.146. The van der Waals surface area contributed by atoms with Gasteiger partial charge < -0.3 is 14.8 Å². The van der Waals surface area contributed by atoms with Crippen LogP contribution in [0.1, 0.15) is 30.9 Å². The largest absolute Gasteiger partial charge is 0.489 e. The molecule has 4 rings (SSSR count). The lowest BCUT2D eigenvalue weighted by Crippen LogP contribution is -2.31. The van der Waals surface area contributed by atoms with Crippen molar-refractivity contribution >= 4 is 17.6 Å². The highest BCUT2D eigenvalue weighted by molar-refractivity contribution is 5.88. The van der Waals surface area contributed by atoms with Crippen molar-refractivity contribution in [3.63, 3.8) is 0 Å². The summed E-state index contributed by atoms with van der Waals surface area (Å²) in [7, 11) is 0. The first kappa shape index (κ1) is 19.2. The number of rotatable bonds is 6. The Morgan fingerprint density at radius 1 is 1.17 bits per heavy atom. The van der Waals surface area contributed by atoms with Crippen LogP contribution in [0.4, 0.5) is 5.69 Å². The predicted molar refractivity (Wildman–Crippen MR) is 110 cm³/mol. The Kier molecular flexibility index (Phi) is 5.14. The first-order chi connectivity index (χ1) is 13.9. The molecule has 1 aliphatic heterocycles. The molecule has 0 bridgehead atoms. The summed E-state index contributed by atoms with van der Waals surface area (Å²) in [5.74, 6) is 0.856. The van der Waals surface area contributed by atoms with Gasteiger partial charge in [-0.3, -0.25) is 9.59 Å². The van der Waals surface area contributed by atoms with Gasteiger partial charge in [0, 0.05) is 18.5 Å². The van der Waals surface area contributed by atoms with E-state index in [1.165, 1.54) is 6.92 Å². The Morgan fingerprint density at radius 3 is 2.55 bits per heavy atom. The number of hydrogen-bond donors (Lipinski definition) is 1. The molecule has 0 spiro atoms. The Balaban J connectivity index is 1.36. The highest BCUT2D eigenvalue weighted by atomic mass is 16.5. The molecule has 1 amide bonds. The molecule has 2 aliphatic rings. The van der Waals surface area contributed by atoms with E-state index in [1.54, 1.807) is 0 Å². The number of amides is 1. The number of esters is 1. The predicted octanol–water partition coefficient (Wildman–Crippen LogP) is 4.28. The first-order valence-corrected chi connectivity index (χ1v) is 9.87. The Hall–Kier alpha value is -3.08. The molecule has 5 nitrogen and oxygen atoms in total. The van der Waals surface area contributed by atoms with Gasteiger partial charge in [0.15, 0.2) is 0 Å². The average Bonchev–Trinajstić information content (AvgIpc) is 3.16. The fourth-order valence-corrected chi connectivity index (χ4v) is 4.38. The van der Waals surface area contributed by atoms with E-state index in [-0.39, 0.29) is 17.8 Å². The van der Waals surface area contributed by atoms with E-state index in [2.05, 4.69) is 11.9 Å². The molecule has 5 heteroatoms. The Labute approximate surface area is 170 Å². The number of allylic oxidation sites excluding steroid dienone is 1. The van der Waals surface area contributed by atoms with E-state index in [9.17, 15) is 9.59 Å². The third kappa shape index (κ3) is 4.04. The number of cyclic esters (lactones) is 1. The molecule has 2 atom stereocenters. The van der Waals surface area contributed by atoms with E-state index in [0.29, 0.717) is 19.6 Å². The van der Waals surface area contributed by atoms with Crippen molar-refractivity contribution < 1.29 is 19.1 Å². The smallest absolute Gasteiger partial charge is 0.313 e. The van der Waals surface area contributed by atoms with Crippen molar-refractivity contribution in [3.8, 4) is 5.75 Å². The zero-order valence-corrected chi connectivity index (χ0v) is 16.6. The number of fused-ring (bicyclic) bond motifs is 1. The SMILES string of the molecule is C=C1CC2COC(=O)C2(Cc2ccc(OCc3ccc(NC(C)=O)cc3)cc2)C1. The van der Waals surface area contributed by atoms with Gasteiger partial charge in [0.25, 0.3) is 0 Å². The molecular formula is C24H25NO4. The summed E-state index contributed by atoms with van der Waals surface area (Å²) in [6, 6.07) is 15.5. The second kappa shape index (κ2) is 7.74. The van der Waals surface area contributed by atoms with Crippen molar-refractivity contribution in [2.75, 3.05) is 11.9 Å².